The van der Waals surface area contributed by atoms with Gasteiger partial charge in [-0.25, -0.2) is 0 Å². The number of amides is 1. The fourth-order valence-electron chi connectivity index (χ4n) is 3.84. The molecule has 1 heterocycles. The number of anilines is 1. The molecule has 3 aromatic rings. The van der Waals surface area contributed by atoms with Crippen LogP contribution in [-0.2, 0) is 4.79 Å². The number of fused-ring (bicyclic) bond motifs is 1. The van der Waals surface area contributed by atoms with Gasteiger partial charge in [0.1, 0.15) is 12.4 Å². The molecule has 0 aliphatic carbocycles. The number of hydrogen-bond acceptors (Lipinski definition) is 5. The van der Waals surface area contributed by atoms with Gasteiger partial charge in [0.05, 0.1) is 13.7 Å². The van der Waals surface area contributed by atoms with Crippen molar-refractivity contribution in [2.45, 2.75) is 13.3 Å². The van der Waals surface area contributed by atoms with Gasteiger partial charge in [0.2, 0.25) is 0 Å². The van der Waals surface area contributed by atoms with Gasteiger partial charge in [-0.3, -0.25) is 4.79 Å². The first-order valence-corrected chi connectivity index (χ1v) is 11.7. The van der Waals surface area contributed by atoms with E-state index in [2.05, 4.69) is 48.6 Å². The molecule has 0 saturated heterocycles. The topological polar surface area (TPSA) is 60.0 Å². The van der Waals surface area contributed by atoms with Gasteiger partial charge in [-0.1, -0.05) is 35.9 Å². The normalized spacial score (nSPS) is 12.8. The minimum Gasteiger partial charge on any atom is -0.493 e. The zero-order valence-electron chi connectivity index (χ0n) is 20.8. The van der Waals surface area contributed by atoms with Crippen LogP contribution in [0.4, 0.5) is 5.69 Å². The maximum Gasteiger partial charge on any atom is 0.251 e. The molecule has 4 rings (SSSR count). The van der Waals surface area contributed by atoms with Crippen LogP contribution in [0.3, 0.4) is 0 Å². The first kappa shape index (κ1) is 24.4. The van der Waals surface area contributed by atoms with Crippen LogP contribution in [0.25, 0.3) is 17.2 Å². The van der Waals surface area contributed by atoms with Crippen molar-refractivity contribution in [3.63, 3.8) is 0 Å². The van der Waals surface area contributed by atoms with Crippen molar-refractivity contribution >= 4 is 17.7 Å². The highest BCUT2D eigenvalue weighted by Gasteiger charge is 2.17. The summed E-state index contributed by atoms with van der Waals surface area (Å²) in [6, 6.07) is 19.9. The van der Waals surface area contributed by atoms with Gasteiger partial charge in [-0.15, -0.1) is 0 Å². The molecule has 0 aromatic heterocycles. The zero-order valence-corrected chi connectivity index (χ0v) is 20.8. The highest BCUT2D eigenvalue weighted by Crippen LogP contribution is 2.33. The Morgan fingerprint density at radius 3 is 2.51 bits per heavy atom. The van der Waals surface area contributed by atoms with Crippen LogP contribution in [0.1, 0.15) is 17.5 Å². The fourth-order valence-corrected chi connectivity index (χ4v) is 3.84. The highest BCUT2D eigenvalue weighted by atomic mass is 16.5. The largest absolute Gasteiger partial charge is 0.493 e. The molecule has 0 spiro atoms. The van der Waals surface area contributed by atoms with E-state index in [0.717, 1.165) is 29.0 Å². The molecule has 1 N–H and O–H groups in total. The van der Waals surface area contributed by atoms with E-state index in [1.165, 1.54) is 5.56 Å². The average Bonchev–Trinajstić information content (AvgIpc) is 3.06. The first-order valence-electron chi connectivity index (χ1n) is 11.7. The third-order valence-corrected chi connectivity index (χ3v) is 5.86. The lowest BCUT2D eigenvalue weighted by Gasteiger charge is -2.15. The molecule has 182 valence electrons. The van der Waals surface area contributed by atoms with Crippen molar-refractivity contribution in [3.8, 4) is 28.4 Å². The Hall–Kier alpha value is -3.77. The van der Waals surface area contributed by atoms with Crippen LogP contribution in [0.5, 0.6) is 17.2 Å². The minimum atomic E-state index is -0.161. The monoisotopic (exact) mass is 472 g/mol. The molecule has 0 radical (unpaired) electrons. The molecule has 0 saturated carbocycles. The smallest absolute Gasteiger partial charge is 0.251 e. The van der Waals surface area contributed by atoms with Crippen LogP contribution in [-0.4, -0.2) is 51.8 Å². The lowest BCUT2D eigenvalue weighted by molar-refractivity contribution is -0.113. The van der Waals surface area contributed by atoms with E-state index in [1.54, 1.807) is 19.2 Å². The summed E-state index contributed by atoms with van der Waals surface area (Å²) in [5.41, 5.74) is 5.64. The predicted octanol–water partition coefficient (Wildman–Crippen LogP) is 5.42. The van der Waals surface area contributed by atoms with Gasteiger partial charge < -0.3 is 24.4 Å². The molecular formula is C29H32N2O4. The Bertz CT molecular complexity index is 1220. The second-order valence-electron chi connectivity index (χ2n) is 8.86. The number of carbonyl (C=O) groups is 1. The minimum absolute atomic E-state index is 0.161. The van der Waals surface area contributed by atoms with E-state index in [4.69, 9.17) is 14.2 Å². The van der Waals surface area contributed by atoms with Crippen molar-refractivity contribution in [2.75, 3.05) is 46.3 Å². The molecule has 1 amide bonds. The van der Waals surface area contributed by atoms with Crippen LogP contribution in [0.15, 0.2) is 66.2 Å². The molecular weight excluding hydrogens is 440 g/mol. The quantitative estimate of drug-likeness (QED) is 0.475. The van der Waals surface area contributed by atoms with Crippen molar-refractivity contribution < 1.29 is 19.0 Å². The van der Waals surface area contributed by atoms with Gasteiger partial charge >= 0.3 is 0 Å². The lowest BCUT2D eigenvalue weighted by Crippen LogP contribution is -2.19. The Labute approximate surface area is 207 Å². The third kappa shape index (κ3) is 6.22. The van der Waals surface area contributed by atoms with Crippen molar-refractivity contribution in [1.82, 2.24) is 4.90 Å². The van der Waals surface area contributed by atoms with Gasteiger partial charge in [0, 0.05) is 35.9 Å². The maximum atomic E-state index is 13.2. The Morgan fingerprint density at radius 2 is 1.77 bits per heavy atom. The highest BCUT2D eigenvalue weighted by molar-refractivity contribution is 6.07. The van der Waals surface area contributed by atoms with Crippen LogP contribution < -0.4 is 19.5 Å². The van der Waals surface area contributed by atoms with Crippen LogP contribution in [0, 0.1) is 6.92 Å². The van der Waals surface area contributed by atoms with E-state index in [-0.39, 0.29) is 5.91 Å². The number of ether oxygens (including phenoxy) is 3. The summed E-state index contributed by atoms with van der Waals surface area (Å²) in [7, 11) is 5.58. The SMILES string of the molecule is COc1ccc(NC(=O)C2=Cc3cc(-c4ccc(C)cc4)ccc3OCC2)cc1OCCN(C)C. The van der Waals surface area contributed by atoms with Crippen LogP contribution in [0.2, 0.25) is 0 Å². The summed E-state index contributed by atoms with van der Waals surface area (Å²) >= 11 is 0. The lowest BCUT2D eigenvalue weighted by atomic mass is 10.00. The number of aryl methyl sites for hydroxylation is 1. The van der Waals surface area contributed by atoms with Gasteiger partial charge in [0.15, 0.2) is 11.5 Å². The maximum absolute atomic E-state index is 13.2. The zero-order chi connectivity index (χ0) is 24.8. The summed E-state index contributed by atoms with van der Waals surface area (Å²) in [4.78, 5) is 15.2. The number of methoxy groups -OCH3 is 1. The molecule has 0 atom stereocenters. The van der Waals surface area contributed by atoms with E-state index in [0.29, 0.717) is 42.4 Å². The molecule has 6 heteroatoms. The molecule has 6 nitrogen and oxygen atoms in total. The van der Waals surface area contributed by atoms with Gasteiger partial charge in [-0.2, -0.15) is 0 Å². The summed E-state index contributed by atoms with van der Waals surface area (Å²) in [5, 5.41) is 3.00. The van der Waals surface area contributed by atoms with Crippen molar-refractivity contribution in [3.05, 3.63) is 77.4 Å². The van der Waals surface area contributed by atoms with E-state index in [1.807, 2.05) is 37.2 Å². The Kier molecular flexibility index (Phi) is 7.73. The summed E-state index contributed by atoms with van der Waals surface area (Å²) in [5.74, 6) is 1.84. The van der Waals surface area contributed by atoms with Crippen molar-refractivity contribution in [2.24, 2.45) is 0 Å². The summed E-state index contributed by atoms with van der Waals surface area (Å²) in [6.07, 6.45) is 2.44. The predicted molar refractivity (Wildman–Crippen MR) is 140 cm³/mol. The van der Waals surface area contributed by atoms with E-state index >= 15 is 0 Å². The second kappa shape index (κ2) is 11.1. The summed E-state index contributed by atoms with van der Waals surface area (Å²) in [6.45, 7) is 3.81. The number of benzene rings is 3. The number of hydrogen-bond donors (Lipinski definition) is 1. The summed E-state index contributed by atoms with van der Waals surface area (Å²) < 4.78 is 17.2. The molecule has 0 unspecified atom stereocenters. The fraction of sp³-hybridized carbons (Fsp3) is 0.276. The first-order chi connectivity index (χ1) is 16.9. The van der Waals surface area contributed by atoms with E-state index < -0.39 is 0 Å². The second-order valence-corrected chi connectivity index (χ2v) is 8.86. The molecule has 0 fully saturated rings. The number of nitrogens with zero attached hydrogens (tertiary/aromatic N) is 1. The number of rotatable bonds is 8. The molecule has 3 aromatic carbocycles. The average molecular weight is 473 g/mol. The van der Waals surface area contributed by atoms with E-state index in [9.17, 15) is 4.79 Å². The molecule has 0 bridgehead atoms. The molecule has 35 heavy (non-hydrogen) atoms. The Morgan fingerprint density at radius 1 is 1.00 bits per heavy atom. The number of nitrogens with one attached hydrogen (secondary N) is 1. The van der Waals surface area contributed by atoms with Crippen LogP contribution >= 0.6 is 0 Å². The number of carbonyl (C=O) groups excluding carboxylic acids is 1. The van der Waals surface area contributed by atoms with Gasteiger partial charge in [0.25, 0.3) is 5.91 Å². The molecule has 1 aliphatic rings. The third-order valence-electron chi connectivity index (χ3n) is 5.86. The Balaban J connectivity index is 1.54. The van der Waals surface area contributed by atoms with Gasteiger partial charge in [-0.05, 0) is 62.5 Å². The van der Waals surface area contributed by atoms with Crippen molar-refractivity contribution in [1.29, 1.82) is 0 Å². The molecule has 1 aliphatic heterocycles. The standard InChI is InChI=1S/C29H32N2O4/c1-20-5-7-21(8-6-20)22-9-11-26-24(17-22)18-23(13-15-34-26)29(32)30-25-10-12-27(33-4)28(19-25)35-16-14-31(2)3/h5-12,17-19H,13-16H2,1-4H3,(H,30,32). The number of likely N-dealkylation sites (N-methyl/N-ethyl adjacent to an activating group) is 1.